The molecule has 0 aromatic rings. The number of carbonyl (C=O) groups is 2. The largest absolute Gasteiger partial charge is 0.458 e. The van der Waals surface area contributed by atoms with Crippen LogP contribution in [0.15, 0.2) is 23.3 Å². The van der Waals surface area contributed by atoms with Crippen LogP contribution < -0.4 is 0 Å². The predicted octanol–water partition coefficient (Wildman–Crippen LogP) is 5.25. The van der Waals surface area contributed by atoms with E-state index in [0.717, 1.165) is 37.9 Å². The fourth-order valence-electron chi connectivity index (χ4n) is 7.47. The third kappa shape index (κ3) is 2.36. The topological polar surface area (TPSA) is 43.4 Å². The molecule has 5 aliphatic rings. The standard InChI is InChI=1S/C24H32O3S/c1-4-28-19-14-15-13-16(25)5-9-22(15,2)17-6-10-23(3)18(21(17)19)7-11-24(23)12-8-20(26)27-24/h6,13,18-19,21H,4-5,7-12,14H2,1-3H3/t18?,19-,21?,22+,23+,24-/m1/s1. The first-order chi connectivity index (χ1) is 13.3. The first kappa shape index (κ1) is 19.0. The Bertz CT molecular complexity index is 798. The zero-order chi connectivity index (χ0) is 19.7. The number of allylic oxidation sites excluding steroid dienone is 4. The molecular weight excluding hydrogens is 368 g/mol. The second kappa shape index (κ2) is 6.23. The van der Waals surface area contributed by atoms with Crippen molar-refractivity contribution >= 4 is 23.5 Å². The maximum Gasteiger partial charge on any atom is 0.306 e. The van der Waals surface area contributed by atoms with E-state index in [1.165, 1.54) is 12.0 Å². The van der Waals surface area contributed by atoms with Crippen LogP contribution in [0.2, 0.25) is 0 Å². The Morgan fingerprint density at radius 3 is 2.71 bits per heavy atom. The van der Waals surface area contributed by atoms with E-state index >= 15 is 0 Å². The minimum absolute atomic E-state index is 0.00255. The van der Waals surface area contributed by atoms with Crippen molar-refractivity contribution in [1.82, 2.24) is 0 Å². The van der Waals surface area contributed by atoms with Crippen molar-refractivity contribution in [3.8, 4) is 0 Å². The van der Waals surface area contributed by atoms with Crippen LogP contribution in [-0.2, 0) is 14.3 Å². The summed E-state index contributed by atoms with van der Waals surface area (Å²) in [6, 6.07) is 0. The Labute approximate surface area is 172 Å². The lowest BCUT2D eigenvalue weighted by Crippen LogP contribution is -2.53. The van der Waals surface area contributed by atoms with E-state index in [1.54, 1.807) is 5.57 Å². The van der Waals surface area contributed by atoms with E-state index in [1.807, 2.05) is 6.08 Å². The minimum Gasteiger partial charge on any atom is -0.458 e. The summed E-state index contributed by atoms with van der Waals surface area (Å²) in [5.74, 6) is 2.56. The van der Waals surface area contributed by atoms with Gasteiger partial charge in [-0.3, -0.25) is 9.59 Å². The van der Waals surface area contributed by atoms with Crippen LogP contribution in [0.1, 0.15) is 72.1 Å². The Morgan fingerprint density at radius 2 is 2.00 bits per heavy atom. The molecule has 6 atom stereocenters. The van der Waals surface area contributed by atoms with E-state index in [0.29, 0.717) is 35.7 Å². The zero-order valence-electron chi connectivity index (χ0n) is 17.4. The highest BCUT2D eigenvalue weighted by molar-refractivity contribution is 7.99. The Hall–Kier alpha value is -1.03. The van der Waals surface area contributed by atoms with Crippen molar-refractivity contribution in [2.24, 2.45) is 22.7 Å². The third-order valence-corrected chi connectivity index (χ3v) is 10.3. The average Bonchev–Trinajstić information content (AvgIpc) is 3.18. The molecule has 3 nitrogen and oxygen atoms in total. The summed E-state index contributed by atoms with van der Waals surface area (Å²) in [7, 11) is 0. The van der Waals surface area contributed by atoms with Crippen LogP contribution in [0, 0.1) is 22.7 Å². The summed E-state index contributed by atoms with van der Waals surface area (Å²) in [6.07, 6.45) is 11.9. The molecule has 1 spiro atoms. The van der Waals surface area contributed by atoms with Crippen LogP contribution in [-0.4, -0.2) is 28.4 Å². The smallest absolute Gasteiger partial charge is 0.306 e. The van der Waals surface area contributed by atoms with Crippen molar-refractivity contribution in [1.29, 1.82) is 0 Å². The Morgan fingerprint density at radius 1 is 1.18 bits per heavy atom. The van der Waals surface area contributed by atoms with Crippen molar-refractivity contribution in [2.45, 2.75) is 83.0 Å². The number of fused-ring (bicyclic) bond motifs is 6. The molecular formula is C24H32O3S. The van der Waals surface area contributed by atoms with Crippen molar-refractivity contribution in [2.75, 3.05) is 5.75 Å². The summed E-state index contributed by atoms with van der Waals surface area (Å²) in [5.41, 5.74) is 2.86. The van der Waals surface area contributed by atoms with Gasteiger partial charge in [-0.25, -0.2) is 0 Å². The lowest BCUT2D eigenvalue weighted by molar-refractivity contribution is -0.160. The predicted molar refractivity (Wildman–Crippen MR) is 112 cm³/mol. The second-order valence-corrected chi connectivity index (χ2v) is 11.6. The lowest BCUT2D eigenvalue weighted by atomic mass is 9.50. The van der Waals surface area contributed by atoms with Crippen LogP contribution in [0.25, 0.3) is 0 Å². The van der Waals surface area contributed by atoms with Gasteiger partial charge < -0.3 is 4.74 Å². The number of ketones is 1. The molecule has 1 saturated heterocycles. The molecule has 0 bridgehead atoms. The molecule has 28 heavy (non-hydrogen) atoms. The van der Waals surface area contributed by atoms with Crippen molar-refractivity contribution in [3.05, 3.63) is 23.3 Å². The van der Waals surface area contributed by atoms with Gasteiger partial charge in [-0.05, 0) is 62.2 Å². The molecule has 5 rings (SSSR count). The van der Waals surface area contributed by atoms with E-state index in [-0.39, 0.29) is 22.4 Å². The SMILES string of the molecule is CCS[C@@H]1CC2=CC(=O)CC[C@]2(C)C2=CC[C@@]3(C)C(CC[C@@]34CCC(=O)O4)C21. The van der Waals surface area contributed by atoms with E-state index < -0.39 is 0 Å². The highest BCUT2D eigenvalue weighted by Gasteiger charge is 2.66. The molecule has 4 heteroatoms. The van der Waals surface area contributed by atoms with Crippen LogP contribution in [0.4, 0.5) is 0 Å². The van der Waals surface area contributed by atoms with Crippen molar-refractivity contribution in [3.63, 3.8) is 0 Å². The molecule has 0 aromatic carbocycles. The van der Waals surface area contributed by atoms with Gasteiger partial charge in [-0.2, -0.15) is 11.8 Å². The average molecular weight is 401 g/mol. The van der Waals surface area contributed by atoms with Crippen LogP contribution in [0.3, 0.4) is 0 Å². The van der Waals surface area contributed by atoms with Gasteiger partial charge in [0, 0.05) is 28.9 Å². The number of carbonyl (C=O) groups excluding carboxylic acids is 2. The van der Waals surface area contributed by atoms with Gasteiger partial charge in [0.05, 0.1) is 0 Å². The monoisotopic (exact) mass is 400 g/mol. The maximum absolute atomic E-state index is 12.2. The molecule has 0 aromatic heterocycles. The summed E-state index contributed by atoms with van der Waals surface area (Å²) in [4.78, 5) is 24.2. The van der Waals surface area contributed by atoms with E-state index in [9.17, 15) is 9.59 Å². The van der Waals surface area contributed by atoms with Gasteiger partial charge in [-0.1, -0.05) is 38.0 Å². The maximum atomic E-state index is 12.2. The molecule has 0 amide bonds. The van der Waals surface area contributed by atoms with Gasteiger partial charge in [-0.15, -0.1) is 0 Å². The van der Waals surface area contributed by atoms with Gasteiger partial charge in [0.2, 0.25) is 0 Å². The second-order valence-electron chi connectivity index (χ2n) is 10.1. The summed E-state index contributed by atoms with van der Waals surface area (Å²) in [5, 5.41) is 0.540. The molecule has 2 saturated carbocycles. The van der Waals surface area contributed by atoms with Gasteiger partial charge >= 0.3 is 5.97 Å². The molecule has 152 valence electrons. The number of ether oxygens (including phenoxy) is 1. The summed E-state index contributed by atoms with van der Waals surface area (Å²) in [6.45, 7) is 7.04. The molecule has 1 aliphatic heterocycles. The Kier molecular flexibility index (Phi) is 4.22. The fourth-order valence-corrected chi connectivity index (χ4v) is 8.74. The van der Waals surface area contributed by atoms with Crippen LogP contribution in [0.5, 0.6) is 0 Å². The molecule has 0 N–H and O–H groups in total. The third-order valence-electron chi connectivity index (χ3n) is 9.05. The molecule has 1 heterocycles. The Balaban J connectivity index is 1.60. The number of hydrogen-bond acceptors (Lipinski definition) is 4. The zero-order valence-corrected chi connectivity index (χ0v) is 18.2. The molecule has 3 fully saturated rings. The number of esters is 1. The molecule has 4 aliphatic carbocycles. The summed E-state index contributed by atoms with van der Waals surface area (Å²) >= 11 is 2.07. The number of rotatable bonds is 2. The van der Waals surface area contributed by atoms with Gasteiger partial charge in [0.15, 0.2) is 5.78 Å². The molecule has 2 unspecified atom stereocenters. The van der Waals surface area contributed by atoms with Gasteiger partial charge in [0.1, 0.15) is 5.60 Å². The first-order valence-electron chi connectivity index (χ1n) is 11.1. The number of thioether (sulfide) groups is 1. The lowest BCUT2D eigenvalue weighted by Gasteiger charge is -2.57. The fraction of sp³-hybridized carbons (Fsp3) is 0.750. The summed E-state index contributed by atoms with van der Waals surface area (Å²) < 4.78 is 6.07. The van der Waals surface area contributed by atoms with Crippen molar-refractivity contribution < 1.29 is 14.3 Å². The minimum atomic E-state index is -0.238. The number of hydrogen-bond donors (Lipinski definition) is 0. The highest BCUT2D eigenvalue weighted by atomic mass is 32.2. The van der Waals surface area contributed by atoms with Crippen LogP contribution >= 0.6 is 11.8 Å². The first-order valence-corrected chi connectivity index (χ1v) is 12.2. The van der Waals surface area contributed by atoms with Gasteiger partial charge in [0.25, 0.3) is 0 Å². The van der Waals surface area contributed by atoms with E-state index in [2.05, 4.69) is 38.6 Å². The highest BCUT2D eigenvalue weighted by Crippen LogP contribution is 2.69. The molecule has 0 radical (unpaired) electrons. The van der Waals surface area contributed by atoms with E-state index in [4.69, 9.17) is 4.74 Å². The normalized spacial score (nSPS) is 47.2. The quantitative estimate of drug-likeness (QED) is 0.469.